The molecule has 1 atom stereocenters. The van der Waals surface area contributed by atoms with Crippen LogP contribution >= 0.6 is 23.4 Å². The van der Waals surface area contributed by atoms with Crippen LogP contribution in [0.15, 0.2) is 35.6 Å². The van der Waals surface area contributed by atoms with Crippen LogP contribution in [-0.4, -0.2) is 33.6 Å². The van der Waals surface area contributed by atoms with Gasteiger partial charge in [0.15, 0.2) is 10.9 Å². The van der Waals surface area contributed by atoms with Crippen LogP contribution < -0.4 is 5.73 Å². The summed E-state index contributed by atoms with van der Waals surface area (Å²) in [6.07, 6.45) is 1.30. The molecular formula is C16H16ClN3O3S. The average Bonchev–Trinajstić information content (AvgIpc) is 2.54. The van der Waals surface area contributed by atoms with E-state index in [1.807, 2.05) is 0 Å². The van der Waals surface area contributed by atoms with E-state index in [1.165, 1.54) is 6.20 Å². The molecule has 0 amide bonds. The number of hydrogen-bond donors (Lipinski definition) is 1. The molecule has 0 radical (unpaired) electrons. The number of hydrogen-bond acceptors (Lipinski definition) is 7. The molecule has 24 heavy (non-hydrogen) atoms. The first-order valence-electron chi connectivity index (χ1n) is 7.18. The third-order valence-corrected chi connectivity index (χ3v) is 4.26. The fourth-order valence-corrected chi connectivity index (χ4v) is 2.90. The zero-order chi connectivity index (χ0) is 17.7. The number of carbonyl (C=O) groups excluding carboxylic acids is 2. The van der Waals surface area contributed by atoms with Gasteiger partial charge in [-0.05, 0) is 26.0 Å². The summed E-state index contributed by atoms with van der Waals surface area (Å²) >= 11 is 7.06. The van der Waals surface area contributed by atoms with Crippen molar-refractivity contribution >= 4 is 40.9 Å². The van der Waals surface area contributed by atoms with Crippen LogP contribution in [-0.2, 0) is 4.74 Å². The van der Waals surface area contributed by atoms with Gasteiger partial charge in [-0.1, -0.05) is 35.5 Å². The second-order valence-corrected chi connectivity index (χ2v) is 6.55. The topological polar surface area (TPSA) is 95.2 Å². The number of carbonyl (C=O) groups is 2. The number of ether oxygens (including phenoxy) is 1. The second-order valence-electron chi connectivity index (χ2n) is 4.81. The number of aromatic nitrogens is 2. The Kier molecular flexibility index (Phi) is 6.16. The molecule has 0 saturated carbocycles. The standard InChI is InChI=1S/C16H16ClN3O3S/c1-3-23-15(22)12-8-19-16(20-14(12)18)24-9(2)13(21)10-5-4-6-11(17)7-10/h4-9H,3H2,1-2H3,(H2,18,19,20). The number of nitrogen functional groups attached to an aromatic ring is 1. The third kappa shape index (κ3) is 4.46. The summed E-state index contributed by atoms with van der Waals surface area (Å²) in [5.74, 6) is -0.651. The number of rotatable bonds is 6. The summed E-state index contributed by atoms with van der Waals surface area (Å²) in [5, 5.41) is 0.372. The van der Waals surface area contributed by atoms with Gasteiger partial charge in [-0.2, -0.15) is 0 Å². The minimum Gasteiger partial charge on any atom is -0.462 e. The van der Waals surface area contributed by atoms with E-state index < -0.39 is 11.2 Å². The fraction of sp³-hybridized carbons (Fsp3) is 0.250. The Balaban J connectivity index is 2.11. The number of thioether (sulfide) groups is 1. The van der Waals surface area contributed by atoms with Gasteiger partial charge in [0.1, 0.15) is 11.4 Å². The van der Waals surface area contributed by atoms with Crippen molar-refractivity contribution in [1.29, 1.82) is 0 Å². The summed E-state index contributed by atoms with van der Waals surface area (Å²) in [5.41, 5.74) is 6.39. The number of nitrogens with two attached hydrogens (primary N) is 1. The van der Waals surface area contributed by atoms with Gasteiger partial charge < -0.3 is 10.5 Å². The molecule has 2 rings (SSSR count). The highest BCUT2D eigenvalue weighted by Crippen LogP contribution is 2.25. The Bertz CT molecular complexity index is 770. The molecule has 8 heteroatoms. The van der Waals surface area contributed by atoms with Crippen molar-refractivity contribution in [1.82, 2.24) is 9.97 Å². The summed E-state index contributed by atoms with van der Waals surface area (Å²) in [4.78, 5) is 32.2. The van der Waals surface area contributed by atoms with Crippen molar-refractivity contribution in [3.05, 3.63) is 46.6 Å². The van der Waals surface area contributed by atoms with Crippen molar-refractivity contribution in [3.8, 4) is 0 Å². The third-order valence-electron chi connectivity index (χ3n) is 3.05. The Labute approximate surface area is 148 Å². The molecule has 1 aromatic carbocycles. The number of Topliss-reactive ketones (excluding diaryl/α,β-unsaturated/α-hetero) is 1. The van der Waals surface area contributed by atoms with Gasteiger partial charge in [0.05, 0.1) is 11.9 Å². The van der Waals surface area contributed by atoms with Crippen molar-refractivity contribution in [2.24, 2.45) is 0 Å². The summed E-state index contributed by atoms with van der Waals surface area (Å²) in [7, 11) is 0. The van der Waals surface area contributed by atoms with Crippen LogP contribution in [0.4, 0.5) is 5.82 Å². The first-order chi connectivity index (χ1) is 11.4. The molecule has 6 nitrogen and oxygen atoms in total. The van der Waals surface area contributed by atoms with Gasteiger partial charge in [0.25, 0.3) is 0 Å². The van der Waals surface area contributed by atoms with Gasteiger partial charge >= 0.3 is 5.97 Å². The van der Waals surface area contributed by atoms with Crippen LogP contribution in [0.2, 0.25) is 5.02 Å². The molecule has 0 aliphatic carbocycles. The van der Waals surface area contributed by atoms with Crippen molar-refractivity contribution in [2.75, 3.05) is 12.3 Å². The van der Waals surface area contributed by atoms with E-state index >= 15 is 0 Å². The molecule has 1 unspecified atom stereocenters. The highest BCUT2D eigenvalue weighted by atomic mass is 35.5. The van der Waals surface area contributed by atoms with E-state index in [0.717, 1.165) is 11.8 Å². The van der Waals surface area contributed by atoms with Gasteiger partial charge in [-0.15, -0.1) is 0 Å². The minimum atomic E-state index is -0.574. The lowest BCUT2D eigenvalue weighted by Crippen LogP contribution is -2.15. The van der Waals surface area contributed by atoms with Crippen molar-refractivity contribution < 1.29 is 14.3 Å². The smallest absolute Gasteiger partial charge is 0.343 e. The second kappa shape index (κ2) is 8.12. The first kappa shape index (κ1) is 18.2. The lowest BCUT2D eigenvalue weighted by molar-refractivity contribution is 0.0526. The lowest BCUT2D eigenvalue weighted by Gasteiger charge is -2.10. The molecular weight excluding hydrogens is 350 g/mol. The molecule has 1 aromatic heterocycles. The van der Waals surface area contributed by atoms with E-state index in [4.69, 9.17) is 22.1 Å². The zero-order valence-electron chi connectivity index (χ0n) is 13.2. The maximum absolute atomic E-state index is 12.4. The zero-order valence-corrected chi connectivity index (χ0v) is 14.7. The number of esters is 1. The number of halogens is 1. The highest BCUT2D eigenvalue weighted by molar-refractivity contribution is 8.00. The molecule has 0 aliphatic rings. The molecule has 0 fully saturated rings. The average molecular weight is 366 g/mol. The van der Waals surface area contributed by atoms with Crippen LogP contribution in [0.25, 0.3) is 0 Å². The molecule has 0 spiro atoms. The van der Waals surface area contributed by atoms with Gasteiger partial charge in [0, 0.05) is 16.8 Å². The van der Waals surface area contributed by atoms with Crippen LogP contribution in [0, 0.1) is 0 Å². The number of nitrogens with zero attached hydrogens (tertiary/aromatic N) is 2. The maximum atomic E-state index is 12.4. The van der Waals surface area contributed by atoms with Crippen LogP contribution in [0.1, 0.15) is 34.6 Å². The quantitative estimate of drug-likeness (QED) is 0.363. The SMILES string of the molecule is CCOC(=O)c1cnc(SC(C)C(=O)c2cccc(Cl)c2)nc1N. The van der Waals surface area contributed by atoms with E-state index in [2.05, 4.69) is 9.97 Å². The Morgan fingerprint density at radius 1 is 1.42 bits per heavy atom. The van der Waals surface area contributed by atoms with Crippen LogP contribution in [0.5, 0.6) is 0 Å². The number of benzene rings is 1. The summed E-state index contributed by atoms with van der Waals surface area (Å²) in [6.45, 7) is 3.68. The fourth-order valence-electron chi connectivity index (χ4n) is 1.89. The largest absolute Gasteiger partial charge is 0.462 e. The monoisotopic (exact) mass is 365 g/mol. The molecule has 1 heterocycles. The van der Waals surface area contributed by atoms with Gasteiger partial charge in [-0.25, -0.2) is 14.8 Å². The predicted molar refractivity (Wildman–Crippen MR) is 93.5 cm³/mol. The minimum absolute atomic E-state index is 0.0216. The molecule has 0 bridgehead atoms. The lowest BCUT2D eigenvalue weighted by atomic mass is 10.1. The Morgan fingerprint density at radius 3 is 2.79 bits per heavy atom. The molecule has 2 N–H and O–H groups in total. The first-order valence-corrected chi connectivity index (χ1v) is 8.44. The van der Waals surface area contributed by atoms with E-state index in [0.29, 0.717) is 15.7 Å². The van der Waals surface area contributed by atoms with E-state index in [1.54, 1.807) is 38.1 Å². The van der Waals surface area contributed by atoms with E-state index in [-0.39, 0.29) is 23.8 Å². The van der Waals surface area contributed by atoms with Gasteiger partial charge in [0.2, 0.25) is 0 Å². The summed E-state index contributed by atoms with van der Waals surface area (Å²) < 4.78 is 4.86. The molecule has 2 aromatic rings. The normalized spacial score (nSPS) is 11.8. The summed E-state index contributed by atoms with van der Waals surface area (Å²) in [6, 6.07) is 6.73. The Morgan fingerprint density at radius 2 is 2.17 bits per heavy atom. The maximum Gasteiger partial charge on any atom is 0.343 e. The highest BCUT2D eigenvalue weighted by Gasteiger charge is 2.20. The molecule has 0 saturated heterocycles. The molecule has 126 valence electrons. The number of anilines is 1. The van der Waals surface area contributed by atoms with Gasteiger partial charge in [-0.3, -0.25) is 4.79 Å². The van der Waals surface area contributed by atoms with Crippen LogP contribution in [0.3, 0.4) is 0 Å². The number of ketones is 1. The van der Waals surface area contributed by atoms with E-state index in [9.17, 15) is 9.59 Å². The predicted octanol–water partition coefficient (Wildman–Crippen LogP) is 3.25. The Hall–Kier alpha value is -2.12. The van der Waals surface area contributed by atoms with Crippen molar-refractivity contribution in [2.45, 2.75) is 24.3 Å². The van der Waals surface area contributed by atoms with Crippen molar-refractivity contribution in [3.63, 3.8) is 0 Å². The molecule has 0 aliphatic heterocycles.